The standard InChI is InChI=1S/C12H17F3N4O3/c1-6-4-18(5-7(2)19(6)11(20)21)10-17-8(3-16)9(22-10)12(13,14)15/h6-7H,3-5,16H2,1-2H3,(H,20,21). The van der Waals surface area contributed by atoms with E-state index in [-0.39, 0.29) is 24.8 Å². The Balaban J connectivity index is 2.27. The minimum Gasteiger partial charge on any atom is -0.465 e. The molecule has 0 aromatic carbocycles. The zero-order valence-electron chi connectivity index (χ0n) is 12.1. The summed E-state index contributed by atoms with van der Waals surface area (Å²) < 4.78 is 43.4. The fourth-order valence-corrected chi connectivity index (χ4v) is 2.69. The normalized spacial score (nSPS) is 23.0. The maximum absolute atomic E-state index is 12.8. The second kappa shape index (κ2) is 5.67. The predicted octanol–water partition coefficient (Wildman–Crippen LogP) is 1.73. The molecule has 124 valence electrons. The van der Waals surface area contributed by atoms with Gasteiger partial charge < -0.3 is 20.2 Å². The van der Waals surface area contributed by atoms with Crippen LogP contribution in [0.4, 0.5) is 24.0 Å². The highest BCUT2D eigenvalue weighted by Gasteiger charge is 2.41. The molecule has 1 aliphatic heterocycles. The third-order valence-electron chi connectivity index (χ3n) is 3.55. The van der Waals surface area contributed by atoms with Crippen molar-refractivity contribution >= 4 is 12.1 Å². The van der Waals surface area contributed by atoms with Crippen molar-refractivity contribution in [1.82, 2.24) is 9.88 Å². The Hall–Kier alpha value is -1.97. The topological polar surface area (TPSA) is 95.8 Å². The lowest BCUT2D eigenvalue weighted by Crippen LogP contribution is -2.58. The van der Waals surface area contributed by atoms with Gasteiger partial charge in [0.2, 0.25) is 5.76 Å². The smallest absolute Gasteiger partial charge is 0.451 e. The van der Waals surface area contributed by atoms with E-state index in [1.54, 1.807) is 13.8 Å². The Labute approximate surface area is 124 Å². The van der Waals surface area contributed by atoms with Crippen LogP contribution in [-0.2, 0) is 12.7 Å². The van der Waals surface area contributed by atoms with Gasteiger partial charge in [-0.05, 0) is 13.8 Å². The molecule has 2 rings (SSSR count). The number of nitrogens with two attached hydrogens (primary N) is 1. The molecule has 1 aliphatic rings. The number of oxazole rings is 1. The number of amides is 1. The molecule has 0 aliphatic carbocycles. The summed E-state index contributed by atoms with van der Waals surface area (Å²) >= 11 is 0. The van der Waals surface area contributed by atoms with Crippen LogP contribution in [0.2, 0.25) is 0 Å². The van der Waals surface area contributed by atoms with Crippen LogP contribution in [0.1, 0.15) is 25.3 Å². The van der Waals surface area contributed by atoms with Gasteiger partial charge in [0.1, 0.15) is 5.69 Å². The highest BCUT2D eigenvalue weighted by atomic mass is 19.4. The van der Waals surface area contributed by atoms with Gasteiger partial charge in [0, 0.05) is 19.6 Å². The molecule has 0 radical (unpaired) electrons. The summed E-state index contributed by atoms with van der Waals surface area (Å²) in [5.41, 5.74) is 4.92. The summed E-state index contributed by atoms with van der Waals surface area (Å²) in [6, 6.07) is -0.982. The lowest BCUT2D eigenvalue weighted by molar-refractivity contribution is -0.153. The van der Waals surface area contributed by atoms with Crippen LogP contribution in [0.5, 0.6) is 0 Å². The number of rotatable bonds is 2. The Morgan fingerprint density at radius 2 is 1.95 bits per heavy atom. The molecule has 0 bridgehead atoms. The van der Waals surface area contributed by atoms with Crippen LogP contribution in [0, 0.1) is 0 Å². The first-order valence-corrected chi connectivity index (χ1v) is 6.68. The number of halogens is 3. The molecule has 2 heterocycles. The van der Waals surface area contributed by atoms with Crippen molar-refractivity contribution < 1.29 is 27.5 Å². The molecule has 7 nitrogen and oxygen atoms in total. The molecule has 1 aromatic heterocycles. The summed E-state index contributed by atoms with van der Waals surface area (Å²) in [7, 11) is 0. The molecule has 0 saturated carbocycles. The zero-order chi connectivity index (χ0) is 16.7. The summed E-state index contributed by atoms with van der Waals surface area (Å²) in [6.07, 6.45) is -5.73. The molecular formula is C12H17F3N4O3. The van der Waals surface area contributed by atoms with Gasteiger partial charge in [-0.2, -0.15) is 18.2 Å². The van der Waals surface area contributed by atoms with Crippen molar-refractivity contribution in [2.45, 2.75) is 38.7 Å². The third kappa shape index (κ3) is 2.96. The van der Waals surface area contributed by atoms with Gasteiger partial charge in [-0.3, -0.25) is 4.90 Å². The van der Waals surface area contributed by atoms with Crippen LogP contribution in [0.3, 0.4) is 0 Å². The first-order valence-electron chi connectivity index (χ1n) is 6.68. The molecule has 1 amide bonds. The fourth-order valence-electron chi connectivity index (χ4n) is 2.69. The van der Waals surface area contributed by atoms with E-state index in [0.717, 1.165) is 0 Å². The van der Waals surface area contributed by atoms with E-state index in [9.17, 15) is 18.0 Å². The second-order valence-corrected chi connectivity index (χ2v) is 5.27. The monoisotopic (exact) mass is 322 g/mol. The van der Waals surface area contributed by atoms with Crippen LogP contribution in [0.25, 0.3) is 0 Å². The van der Waals surface area contributed by atoms with E-state index in [1.165, 1.54) is 9.80 Å². The van der Waals surface area contributed by atoms with E-state index < -0.39 is 36.7 Å². The number of piperazine rings is 1. The summed E-state index contributed by atoms with van der Waals surface area (Å²) in [5.74, 6) is -1.20. The zero-order valence-corrected chi connectivity index (χ0v) is 12.1. The van der Waals surface area contributed by atoms with E-state index in [1.807, 2.05) is 0 Å². The van der Waals surface area contributed by atoms with Gasteiger partial charge in [-0.25, -0.2) is 4.79 Å². The second-order valence-electron chi connectivity index (χ2n) is 5.27. The Bertz CT molecular complexity index is 548. The van der Waals surface area contributed by atoms with E-state index in [0.29, 0.717) is 0 Å². The Kier molecular flexibility index (Phi) is 4.23. The van der Waals surface area contributed by atoms with E-state index in [4.69, 9.17) is 15.3 Å². The average Bonchev–Trinajstić information content (AvgIpc) is 2.81. The van der Waals surface area contributed by atoms with Crippen molar-refractivity contribution in [3.05, 3.63) is 11.5 Å². The minimum absolute atomic E-state index is 0.184. The number of carbonyl (C=O) groups is 1. The highest BCUT2D eigenvalue weighted by molar-refractivity contribution is 5.66. The number of nitrogens with zero attached hydrogens (tertiary/aromatic N) is 3. The lowest BCUT2D eigenvalue weighted by Gasteiger charge is -2.42. The van der Waals surface area contributed by atoms with Crippen LogP contribution in [0.15, 0.2) is 4.42 Å². The minimum atomic E-state index is -4.67. The predicted molar refractivity (Wildman–Crippen MR) is 70.4 cm³/mol. The number of hydrogen-bond donors (Lipinski definition) is 2. The summed E-state index contributed by atoms with van der Waals surface area (Å²) in [4.78, 5) is 17.7. The molecule has 22 heavy (non-hydrogen) atoms. The number of alkyl halides is 3. The molecule has 0 spiro atoms. The van der Waals surface area contributed by atoms with Crippen LogP contribution < -0.4 is 10.6 Å². The van der Waals surface area contributed by atoms with Crippen LogP contribution >= 0.6 is 0 Å². The first-order chi connectivity index (χ1) is 10.1. The maximum atomic E-state index is 12.8. The van der Waals surface area contributed by atoms with E-state index in [2.05, 4.69) is 4.98 Å². The van der Waals surface area contributed by atoms with Gasteiger partial charge in [0.05, 0.1) is 12.1 Å². The third-order valence-corrected chi connectivity index (χ3v) is 3.55. The fraction of sp³-hybridized carbons (Fsp3) is 0.667. The SMILES string of the molecule is CC1CN(c2nc(CN)c(C(F)(F)F)o2)CC(C)N1C(=O)O. The number of aromatic nitrogens is 1. The molecule has 10 heteroatoms. The average molecular weight is 322 g/mol. The van der Waals surface area contributed by atoms with Crippen molar-refractivity contribution in [3.63, 3.8) is 0 Å². The van der Waals surface area contributed by atoms with Crippen molar-refractivity contribution in [1.29, 1.82) is 0 Å². The molecule has 3 N–H and O–H groups in total. The molecule has 1 aromatic rings. The maximum Gasteiger partial charge on any atom is 0.451 e. The summed E-state index contributed by atoms with van der Waals surface area (Å²) in [5, 5.41) is 9.13. The first kappa shape index (κ1) is 16.4. The number of hydrogen-bond acceptors (Lipinski definition) is 5. The molecular weight excluding hydrogens is 305 g/mol. The number of anilines is 1. The van der Waals surface area contributed by atoms with Gasteiger partial charge in [0.15, 0.2) is 0 Å². The Morgan fingerprint density at radius 3 is 2.32 bits per heavy atom. The van der Waals surface area contributed by atoms with Crippen molar-refractivity contribution in [2.24, 2.45) is 5.73 Å². The quantitative estimate of drug-likeness (QED) is 0.861. The molecule has 1 fully saturated rings. The summed E-state index contributed by atoms with van der Waals surface area (Å²) in [6.45, 7) is 3.35. The molecule has 2 atom stereocenters. The largest absolute Gasteiger partial charge is 0.465 e. The van der Waals surface area contributed by atoms with Gasteiger partial charge in [-0.15, -0.1) is 0 Å². The highest BCUT2D eigenvalue weighted by Crippen LogP contribution is 2.35. The van der Waals surface area contributed by atoms with Crippen molar-refractivity contribution in [3.8, 4) is 0 Å². The number of carboxylic acid groups (broad SMARTS) is 1. The van der Waals surface area contributed by atoms with Crippen LogP contribution in [-0.4, -0.2) is 46.3 Å². The van der Waals surface area contributed by atoms with Gasteiger partial charge >= 0.3 is 12.3 Å². The van der Waals surface area contributed by atoms with Gasteiger partial charge in [-0.1, -0.05) is 0 Å². The Morgan fingerprint density at radius 1 is 1.41 bits per heavy atom. The van der Waals surface area contributed by atoms with Gasteiger partial charge in [0.25, 0.3) is 6.01 Å². The molecule has 1 saturated heterocycles. The van der Waals surface area contributed by atoms with E-state index >= 15 is 0 Å². The molecule has 2 unspecified atom stereocenters. The van der Waals surface area contributed by atoms with Crippen molar-refractivity contribution in [2.75, 3.05) is 18.0 Å². The lowest BCUT2D eigenvalue weighted by atomic mass is 10.1.